The van der Waals surface area contributed by atoms with Crippen molar-refractivity contribution in [3.63, 3.8) is 0 Å². The van der Waals surface area contributed by atoms with Gasteiger partial charge >= 0.3 is 0 Å². The van der Waals surface area contributed by atoms with Crippen molar-refractivity contribution in [1.29, 1.82) is 0 Å². The number of carbonyl (C=O) groups excluding carboxylic acids is 1. The smallest absolute Gasteiger partial charge is 0.166 e. The third kappa shape index (κ3) is 2.58. The minimum Gasteiger partial charge on any atom is -0.330 e. The van der Waals surface area contributed by atoms with Crippen LogP contribution in [-0.2, 0) is 0 Å². The van der Waals surface area contributed by atoms with Gasteiger partial charge in [-0.2, -0.15) is 0 Å². The fourth-order valence-electron chi connectivity index (χ4n) is 2.70. The van der Waals surface area contributed by atoms with Crippen molar-refractivity contribution in [3.8, 4) is 0 Å². The Bertz CT molecular complexity index is 447. The molecule has 2 N–H and O–H groups in total. The molecule has 1 aromatic rings. The lowest BCUT2D eigenvalue weighted by Crippen LogP contribution is -2.32. The predicted molar refractivity (Wildman–Crippen MR) is 65.2 cm³/mol. The average Bonchev–Trinajstić information content (AvgIpc) is 2.41. The van der Waals surface area contributed by atoms with Gasteiger partial charge in [0.1, 0.15) is 0 Å². The van der Waals surface area contributed by atoms with Crippen LogP contribution >= 0.6 is 0 Å². The van der Waals surface area contributed by atoms with Crippen LogP contribution in [0.1, 0.15) is 36.0 Å². The zero-order valence-electron chi connectivity index (χ0n) is 10.2. The van der Waals surface area contributed by atoms with E-state index in [1.807, 2.05) is 0 Å². The number of hydrogen-bond acceptors (Lipinski definition) is 2. The number of benzene rings is 1. The molecule has 18 heavy (non-hydrogen) atoms. The first kappa shape index (κ1) is 13.1. The summed E-state index contributed by atoms with van der Waals surface area (Å²) in [5.41, 5.74) is 5.93. The molecule has 1 aliphatic carbocycles. The Morgan fingerprint density at radius 2 is 1.94 bits per heavy atom. The van der Waals surface area contributed by atoms with Gasteiger partial charge in [-0.1, -0.05) is 12.8 Å². The molecule has 1 aliphatic rings. The molecule has 0 aromatic heterocycles. The summed E-state index contributed by atoms with van der Waals surface area (Å²) in [4.78, 5) is 12.3. The molecule has 0 aliphatic heterocycles. The molecule has 0 radical (unpaired) electrons. The van der Waals surface area contributed by atoms with E-state index in [2.05, 4.69) is 0 Å². The van der Waals surface area contributed by atoms with Gasteiger partial charge in [0.15, 0.2) is 17.4 Å². The Morgan fingerprint density at radius 1 is 1.22 bits per heavy atom. The third-order valence-electron chi connectivity index (χ3n) is 3.75. The Hall–Kier alpha value is -1.29. The van der Waals surface area contributed by atoms with Crippen LogP contribution in [0, 0.1) is 23.5 Å². The van der Waals surface area contributed by atoms with E-state index in [0.29, 0.717) is 6.54 Å². The van der Waals surface area contributed by atoms with Gasteiger partial charge in [-0.3, -0.25) is 4.79 Å². The summed E-state index contributed by atoms with van der Waals surface area (Å²) >= 11 is 0. The largest absolute Gasteiger partial charge is 0.330 e. The lowest BCUT2D eigenvalue weighted by molar-refractivity contribution is 0.0829. The molecule has 0 heterocycles. The molecule has 0 amide bonds. The lowest BCUT2D eigenvalue weighted by Gasteiger charge is -2.29. The predicted octanol–water partition coefficient (Wildman–Crippen LogP) is 2.91. The molecule has 0 spiro atoms. The van der Waals surface area contributed by atoms with E-state index in [0.717, 1.165) is 37.8 Å². The van der Waals surface area contributed by atoms with Gasteiger partial charge in [0.2, 0.25) is 0 Å². The number of hydrogen-bond donors (Lipinski definition) is 1. The third-order valence-corrected chi connectivity index (χ3v) is 3.75. The highest BCUT2D eigenvalue weighted by molar-refractivity contribution is 5.98. The van der Waals surface area contributed by atoms with Crippen LogP contribution in [0.2, 0.25) is 0 Å². The van der Waals surface area contributed by atoms with Gasteiger partial charge in [-0.25, -0.2) is 8.78 Å². The highest BCUT2D eigenvalue weighted by Crippen LogP contribution is 2.32. The molecule has 1 aromatic carbocycles. The number of nitrogens with two attached hydrogens (primary N) is 1. The number of rotatable bonds is 3. The summed E-state index contributed by atoms with van der Waals surface area (Å²) in [5, 5.41) is 0. The van der Waals surface area contributed by atoms with Gasteiger partial charge in [0.25, 0.3) is 0 Å². The van der Waals surface area contributed by atoms with Crippen LogP contribution in [0.15, 0.2) is 18.2 Å². The lowest BCUT2D eigenvalue weighted by atomic mass is 9.75. The first-order valence-electron chi connectivity index (χ1n) is 6.33. The second-order valence-electron chi connectivity index (χ2n) is 4.88. The van der Waals surface area contributed by atoms with E-state index < -0.39 is 11.6 Å². The summed E-state index contributed by atoms with van der Waals surface area (Å²) < 4.78 is 26.0. The van der Waals surface area contributed by atoms with Crippen molar-refractivity contribution >= 4 is 5.78 Å². The summed E-state index contributed by atoms with van der Waals surface area (Å²) in [7, 11) is 0. The summed E-state index contributed by atoms with van der Waals surface area (Å²) in [6.07, 6.45) is 3.82. The highest BCUT2D eigenvalue weighted by Gasteiger charge is 2.30. The molecular formula is C14H17F2NO. The Kier molecular flexibility index (Phi) is 4.07. The number of ketones is 1. The van der Waals surface area contributed by atoms with Gasteiger partial charge < -0.3 is 5.73 Å². The number of carbonyl (C=O) groups is 1. The summed E-state index contributed by atoms with van der Waals surface area (Å²) in [6, 6.07) is 3.34. The average molecular weight is 253 g/mol. The van der Waals surface area contributed by atoms with E-state index in [1.54, 1.807) is 0 Å². The maximum Gasteiger partial charge on any atom is 0.166 e. The van der Waals surface area contributed by atoms with Crippen molar-refractivity contribution in [2.45, 2.75) is 25.7 Å². The van der Waals surface area contributed by atoms with Crippen LogP contribution in [0.25, 0.3) is 0 Å². The molecule has 2 rings (SSSR count). The Balaban J connectivity index is 2.21. The Morgan fingerprint density at radius 3 is 2.61 bits per heavy atom. The minimum atomic E-state index is -0.971. The molecule has 1 fully saturated rings. The second kappa shape index (κ2) is 5.57. The SMILES string of the molecule is NCC1CCCCC1C(=O)c1ccc(F)c(F)c1. The summed E-state index contributed by atoms with van der Waals surface area (Å²) in [6.45, 7) is 0.472. The molecule has 2 unspecified atom stereocenters. The summed E-state index contributed by atoms with van der Waals surface area (Å²) in [5.74, 6) is -1.98. The van der Waals surface area contributed by atoms with Gasteiger partial charge in [-0.05, 0) is 43.5 Å². The van der Waals surface area contributed by atoms with Crippen LogP contribution < -0.4 is 5.73 Å². The van der Waals surface area contributed by atoms with Crippen LogP contribution in [0.3, 0.4) is 0 Å². The molecule has 1 saturated carbocycles. The van der Waals surface area contributed by atoms with Crippen molar-refractivity contribution in [3.05, 3.63) is 35.4 Å². The molecular weight excluding hydrogens is 236 g/mol. The number of halogens is 2. The highest BCUT2D eigenvalue weighted by atomic mass is 19.2. The van der Waals surface area contributed by atoms with Crippen LogP contribution in [-0.4, -0.2) is 12.3 Å². The van der Waals surface area contributed by atoms with E-state index in [-0.39, 0.29) is 23.2 Å². The maximum atomic E-state index is 13.1. The fourth-order valence-corrected chi connectivity index (χ4v) is 2.70. The maximum absolute atomic E-state index is 13.1. The van der Waals surface area contributed by atoms with E-state index in [4.69, 9.17) is 5.73 Å². The van der Waals surface area contributed by atoms with Gasteiger partial charge in [-0.15, -0.1) is 0 Å². The van der Waals surface area contributed by atoms with Crippen LogP contribution in [0.5, 0.6) is 0 Å². The quantitative estimate of drug-likeness (QED) is 0.842. The monoisotopic (exact) mass is 253 g/mol. The van der Waals surface area contributed by atoms with Crippen molar-refractivity contribution < 1.29 is 13.6 Å². The molecule has 2 nitrogen and oxygen atoms in total. The first-order valence-corrected chi connectivity index (χ1v) is 6.33. The molecule has 0 saturated heterocycles. The van der Waals surface area contributed by atoms with E-state index in [1.165, 1.54) is 6.07 Å². The van der Waals surface area contributed by atoms with Crippen molar-refractivity contribution in [1.82, 2.24) is 0 Å². The van der Waals surface area contributed by atoms with Crippen molar-refractivity contribution in [2.24, 2.45) is 17.6 Å². The van der Waals surface area contributed by atoms with Gasteiger partial charge in [0.05, 0.1) is 0 Å². The molecule has 2 atom stereocenters. The van der Waals surface area contributed by atoms with Crippen molar-refractivity contribution in [2.75, 3.05) is 6.54 Å². The van der Waals surface area contributed by atoms with E-state index in [9.17, 15) is 13.6 Å². The first-order chi connectivity index (χ1) is 8.63. The molecule has 0 bridgehead atoms. The second-order valence-corrected chi connectivity index (χ2v) is 4.88. The fraction of sp³-hybridized carbons (Fsp3) is 0.500. The topological polar surface area (TPSA) is 43.1 Å². The molecule has 98 valence electrons. The minimum absolute atomic E-state index is 0.107. The standard InChI is InChI=1S/C14H17F2NO/c15-12-6-5-9(7-13(12)16)14(18)11-4-2-1-3-10(11)8-17/h5-7,10-11H,1-4,8,17H2. The zero-order valence-corrected chi connectivity index (χ0v) is 10.2. The Labute approximate surface area is 105 Å². The van der Waals surface area contributed by atoms with Gasteiger partial charge in [0, 0.05) is 11.5 Å². The molecule has 4 heteroatoms. The van der Waals surface area contributed by atoms with E-state index >= 15 is 0 Å². The normalized spacial score (nSPS) is 23.9. The van der Waals surface area contributed by atoms with Crippen LogP contribution in [0.4, 0.5) is 8.78 Å². The zero-order chi connectivity index (χ0) is 13.1. The number of Topliss-reactive ketones (excluding diaryl/α,β-unsaturated/α-hetero) is 1.